The predicted molar refractivity (Wildman–Crippen MR) is 52.2 cm³/mol. The molecule has 0 spiro atoms. The summed E-state index contributed by atoms with van der Waals surface area (Å²) in [5.41, 5.74) is 1.57. The zero-order valence-corrected chi connectivity index (χ0v) is 9.08. The van der Waals surface area contributed by atoms with E-state index in [4.69, 9.17) is 5.73 Å². The van der Waals surface area contributed by atoms with Gasteiger partial charge in [-0.3, -0.25) is 0 Å². The first-order valence-electron chi connectivity index (χ1n) is 4.65. The van der Waals surface area contributed by atoms with Crippen molar-refractivity contribution < 1.29 is 26.3 Å². The summed E-state index contributed by atoms with van der Waals surface area (Å²) in [5.74, 6) is 0. The quantitative estimate of drug-likeness (QED) is 0.544. The number of halogens is 6. The van der Waals surface area contributed by atoms with Crippen LogP contribution < -0.4 is 5.73 Å². The number of nitrogen functional groups attached to an aromatic ring is 1. The normalized spacial score (nSPS) is 11.8. The van der Waals surface area contributed by atoms with E-state index in [1.54, 1.807) is 0 Å². The fourth-order valence-electron chi connectivity index (χ4n) is 0.979. The van der Waals surface area contributed by atoms with Gasteiger partial charge < -0.3 is 5.73 Å². The Morgan fingerprint density at radius 3 is 1.29 bits per heavy atom. The molecule has 1 rings (SSSR count). The highest BCUT2D eigenvalue weighted by molar-refractivity contribution is 5.46. The Morgan fingerprint density at radius 2 is 1.06 bits per heavy atom. The highest BCUT2D eigenvalue weighted by atomic mass is 19.4. The molecule has 0 atom stereocenters. The molecule has 2 N–H and O–H groups in total. The Kier molecular flexibility index (Phi) is 4.85. The van der Waals surface area contributed by atoms with Crippen LogP contribution in [0.1, 0.15) is 25.0 Å². The lowest BCUT2D eigenvalue weighted by atomic mass is 10.1. The maximum absolute atomic E-state index is 12.1. The zero-order valence-electron chi connectivity index (χ0n) is 9.08. The molecule has 0 aliphatic heterocycles. The highest BCUT2D eigenvalue weighted by Crippen LogP contribution is 2.36. The minimum Gasteiger partial charge on any atom is -0.399 e. The standard InChI is InChI=1S/C8H5F6N.C2H6/c9-7(10,11)4-1-5(8(12,13)14)3-6(15)2-4;1-2/h1-3H,15H2;1-2H3. The third-order valence-electron chi connectivity index (χ3n) is 1.61. The molecule has 0 radical (unpaired) electrons. The van der Waals surface area contributed by atoms with Gasteiger partial charge in [-0.15, -0.1) is 0 Å². The largest absolute Gasteiger partial charge is 0.416 e. The van der Waals surface area contributed by atoms with E-state index in [2.05, 4.69) is 0 Å². The molecule has 17 heavy (non-hydrogen) atoms. The van der Waals surface area contributed by atoms with Crippen molar-refractivity contribution in [3.8, 4) is 0 Å². The molecule has 0 saturated carbocycles. The molecule has 1 aromatic carbocycles. The second kappa shape index (κ2) is 5.29. The number of anilines is 1. The fraction of sp³-hybridized carbons (Fsp3) is 0.400. The molecule has 0 fully saturated rings. The SMILES string of the molecule is CC.Nc1cc(C(F)(F)F)cc(C(F)(F)F)c1. The van der Waals surface area contributed by atoms with Gasteiger partial charge in [0.15, 0.2) is 0 Å². The molecule has 0 aliphatic carbocycles. The van der Waals surface area contributed by atoms with Gasteiger partial charge in [0, 0.05) is 5.69 Å². The first kappa shape index (κ1) is 15.6. The Balaban J connectivity index is 0.00000121. The van der Waals surface area contributed by atoms with Crippen LogP contribution in [0.15, 0.2) is 18.2 Å². The molecular weight excluding hydrogens is 248 g/mol. The molecule has 1 aromatic rings. The van der Waals surface area contributed by atoms with E-state index in [-0.39, 0.29) is 6.07 Å². The molecule has 0 amide bonds. The maximum atomic E-state index is 12.1. The molecular formula is C10H11F6N. The van der Waals surface area contributed by atoms with Gasteiger partial charge in [0.2, 0.25) is 0 Å². The van der Waals surface area contributed by atoms with Crippen LogP contribution in [0.3, 0.4) is 0 Å². The van der Waals surface area contributed by atoms with Crippen molar-refractivity contribution in [1.29, 1.82) is 0 Å². The Hall–Kier alpha value is -1.40. The smallest absolute Gasteiger partial charge is 0.399 e. The molecule has 0 aliphatic rings. The van der Waals surface area contributed by atoms with Crippen molar-refractivity contribution in [2.75, 3.05) is 5.73 Å². The third kappa shape index (κ3) is 4.54. The van der Waals surface area contributed by atoms with Gasteiger partial charge in [0.05, 0.1) is 11.1 Å². The van der Waals surface area contributed by atoms with Crippen LogP contribution in [0.2, 0.25) is 0 Å². The molecule has 1 nitrogen and oxygen atoms in total. The van der Waals surface area contributed by atoms with Crippen molar-refractivity contribution in [2.24, 2.45) is 0 Å². The third-order valence-corrected chi connectivity index (χ3v) is 1.61. The number of alkyl halides is 6. The number of hydrogen-bond donors (Lipinski definition) is 1. The summed E-state index contributed by atoms with van der Waals surface area (Å²) in [4.78, 5) is 0. The molecule has 7 heteroatoms. The second-order valence-electron chi connectivity index (χ2n) is 2.84. The topological polar surface area (TPSA) is 26.0 Å². The van der Waals surface area contributed by atoms with Crippen LogP contribution in [-0.4, -0.2) is 0 Å². The maximum Gasteiger partial charge on any atom is 0.416 e. The van der Waals surface area contributed by atoms with Crippen LogP contribution in [0.25, 0.3) is 0 Å². The van der Waals surface area contributed by atoms with E-state index < -0.39 is 29.2 Å². The van der Waals surface area contributed by atoms with Crippen LogP contribution in [-0.2, 0) is 12.4 Å². The summed E-state index contributed by atoms with van der Waals surface area (Å²) in [6.07, 6.45) is -9.68. The van der Waals surface area contributed by atoms with E-state index in [9.17, 15) is 26.3 Å². The molecule has 0 aromatic heterocycles. The lowest BCUT2D eigenvalue weighted by Gasteiger charge is -2.12. The Bertz CT molecular complexity index is 334. The number of benzene rings is 1. The van der Waals surface area contributed by atoms with Gasteiger partial charge in [-0.25, -0.2) is 0 Å². The van der Waals surface area contributed by atoms with Crippen molar-refractivity contribution in [3.05, 3.63) is 29.3 Å². The summed E-state index contributed by atoms with van der Waals surface area (Å²) in [5, 5.41) is 0. The van der Waals surface area contributed by atoms with Gasteiger partial charge in [-0.2, -0.15) is 26.3 Å². The first-order valence-corrected chi connectivity index (χ1v) is 4.65. The van der Waals surface area contributed by atoms with Crippen LogP contribution >= 0.6 is 0 Å². The summed E-state index contributed by atoms with van der Waals surface area (Å²) < 4.78 is 72.7. The highest BCUT2D eigenvalue weighted by Gasteiger charge is 2.36. The van der Waals surface area contributed by atoms with Gasteiger partial charge in [0.25, 0.3) is 0 Å². The Morgan fingerprint density at radius 1 is 0.765 bits per heavy atom. The van der Waals surface area contributed by atoms with Gasteiger partial charge in [0.1, 0.15) is 0 Å². The van der Waals surface area contributed by atoms with E-state index in [0.717, 1.165) is 0 Å². The lowest BCUT2D eigenvalue weighted by molar-refractivity contribution is -0.143. The molecule has 0 heterocycles. The van der Waals surface area contributed by atoms with Gasteiger partial charge >= 0.3 is 12.4 Å². The second-order valence-corrected chi connectivity index (χ2v) is 2.84. The van der Waals surface area contributed by atoms with E-state index >= 15 is 0 Å². The number of nitrogens with two attached hydrogens (primary N) is 1. The summed E-state index contributed by atoms with van der Waals surface area (Å²) in [7, 11) is 0. The van der Waals surface area contributed by atoms with Gasteiger partial charge in [-0.05, 0) is 18.2 Å². The summed E-state index contributed by atoms with van der Waals surface area (Å²) in [6.45, 7) is 4.00. The predicted octanol–water partition coefficient (Wildman–Crippen LogP) is 4.33. The number of rotatable bonds is 0. The minimum atomic E-state index is -4.84. The average Bonchev–Trinajstić information content (AvgIpc) is 2.17. The van der Waals surface area contributed by atoms with Gasteiger partial charge in [-0.1, -0.05) is 13.8 Å². The molecule has 0 unspecified atom stereocenters. The van der Waals surface area contributed by atoms with Crippen LogP contribution in [0.4, 0.5) is 32.0 Å². The Labute approximate surface area is 94.2 Å². The van der Waals surface area contributed by atoms with E-state index in [1.165, 1.54) is 0 Å². The van der Waals surface area contributed by atoms with Crippen molar-refractivity contribution >= 4 is 5.69 Å². The van der Waals surface area contributed by atoms with E-state index in [0.29, 0.717) is 12.1 Å². The van der Waals surface area contributed by atoms with Crippen LogP contribution in [0, 0.1) is 0 Å². The van der Waals surface area contributed by atoms with E-state index in [1.807, 2.05) is 13.8 Å². The molecule has 98 valence electrons. The van der Waals surface area contributed by atoms with Crippen molar-refractivity contribution in [3.63, 3.8) is 0 Å². The monoisotopic (exact) mass is 259 g/mol. The molecule has 0 saturated heterocycles. The summed E-state index contributed by atoms with van der Waals surface area (Å²) >= 11 is 0. The first-order chi connectivity index (χ1) is 7.60. The molecule has 0 bridgehead atoms. The minimum absolute atomic E-state index is 0.0242. The average molecular weight is 259 g/mol. The van der Waals surface area contributed by atoms with Crippen LogP contribution in [0.5, 0.6) is 0 Å². The van der Waals surface area contributed by atoms with Crippen molar-refractivity contribution in [2.45, 2.75) is 26.2 Å². The lowest BCUT2D eigenvalue weighted by Crippen LogP contribution is -2.11. The number of hydrogen-bond acceptors (Lipinski definition) is 1. The summed E-state index contributed by atoms with van der Waals surface area (Å²) in [6, 6.07) is 0.931. The fourth-order valence-corrected chi connectivity index (χ4v) is 0.979. The zero-order chi connectivity index (χ0) is 13.9. The van der Waals surface area contributed by atoms with Crippen molar-refractivity contribution in [1.82, 2.24) is 0 Å².